The van der Waals surface area contributed by atoms with Gasteiger partial charge in [0.2, 0.25) is 11.8 Å². The number of hydrogen-bond acceptors (Lipinski definition) is 4. The Morgan fingerprint density at radius 1 is 1.42 bits per heavy atom. The number of nitrogens with one attached hydrogen (secondary N) is 1. The fraction of sp³-hybridized carbons (Fsp3) is 0.389. The Bertz CT molecular complexity index is 745. The molecule has 1 atom stereocenters. The first-order valence-corrected chi connectivity index (χ1v) is 8.00. The number of likely N-dealkylation sites (tertiary alicyclic amines) is 1. The lowest BCUT2D eigenvalue weighted by Gasteiger charge is -2.16. The predicted molar refractivity (Wildman–Crippen MR) is 89.3 cm³/mol. The van der Waals surface area contributed by atoms with Gasteiger partial charge in [0.05, 0.1) is 30.1 Å². The van der Waals surface area contributed by atoms with Gasteiger partial charge in [-0.05, 0) is 44.5 Å². The number of anilines is 1. The Morgan fingerprint density at radius 2 is 2.21 bits per heavy atom. The number of aryl methyl sites for hydroxylation is 3. The van der Waals surface area contributed by atoms with Crippen LogP contribution in [0, 0.1) is 26.7 Å². The fourth-order valence-electron chi connectivity index (χ4n) is 3.13. The van der Waals surface area contributed by atoms with E-state index in [1.54, 1.807) is 17.2 Å². The van der Waals surface area contributed by atoms with E-state index in [1.165, 1.54) is 0 Å². The molecule has 0 saturated carbocycles. The van der Waals surface area contributed by atoms with E-state index in [-0.39, 0.29) is 24.2 Å². The Hall–Kier alpha value is -2.63. The van der Waals surface area contributed by atoms with Crippen LogP contribution in [0.2, 0.25) is 0 Å². The summed E-state index contributed by atoms with van der Waals surface area (Å²) in [6.07, 6.45) is 1.81. The van der Waals surface area contributed by atoms with Gasteiger partial charge in [-0.25, -0.2) is 0 Å². The Morgan fingerprint density at radius 3 is 2.88 bits per heavy atom. The number of rotatable bonds is 4. The minimum Gasteiger partial charge on any atom is -0.467 e. The maximum Gasteiger partial charge on any atom is 0.229 e. The summed E-state index contributed by atoms with van der Waals surface area (Å²) in [5, 5.41) is 2.94. The van der Waals surface area contributed by atoms with Crippen molar-refractivity contribution in [1.29, 1.82) is 0 Å². The molecule has 3 rings (SSSR count). The summed E-state index contributed by atoms with van der Waals surface area (Å²) in [5.41, 5.74) is 3.42. The molecule has 0 bridgehead atoms. The zero-order valence-electron chi connectivity index (χ0n) is 14.1. The Kier molecular flexibility index (Phi) is 4.38. The molecule has 1 aliphatic rings. The van der Waals surface area contributed by atoms with E-state index in [4.69, 9.17) is 4.42 Å². The van der Waals surface area contributed by atoms with Gasteiger partial charge in [-0.15, -0.1) is 0 Å². The zero-order valence-corrected chi connectivity index (χ0v) is 14.1. The topological polar surface area (TPSA) is 75.4 Å². The molecule has 0 aromatic carbocycles. The normalized spacial score (nSPS) is 17.4. The first-order chi connectivity index (χ1) is 11.4. The van der Waals surface area contributed by atoms with Crippen LogP contribution in [0.15, 0.2) is 28.9 Å². The third kappa shape index (κ3) is 3.32. The predicted octanol–water partition coefficient (Wildman–Crippen LogP) is 2.59. The van der Waals surface area contributed by atoms with E-state index in [1.807, 2.05) is 32.9 Å². The third-order valence-electron chi connectivity index (χ3n) is 4.29. The zero-order chi connectivity index (χ0) is 17.3. The van der Waals surface area contributed by atoms with Crippen LogP contribution < -0.4 is 5.32 Å². The van der Waals surface area contributed by atoms with Crippen molar-refractivity contribution in [1.82, 2.24) is 9.88 Å². The number of amides is 2. The van der Waals surface area contributed by atoms with Crippen LogP contribution >= 0.6 is 0 Å². The number of hydrogen-bond donors (Lipinski definition) is 1. The second kappa shape index (κ2) is 6.47. The van der Waals surface area contributed by atoms with E-state index in [0.29, 0.717) is 13.1 Å². The number of carbonyl (C=O) groups excluding carboxylic acids is 2. The second-order valence-electron chi connectivity index (χ2n) is 6.28. The van der Waals surface area contributed by atoms with Crippen LogP contribution in [0.5, 0.6) is 0 Å². The van der Waals surface area contributed by atoms with Gasteiger partial charge >= 0.3 is 0 Å². The summed E-state index contributed by atoms with van der Waals surface area (Å²) in [5.74, 6) is 0.204. The number of furan rings is 1. The van der Waals surface area contributed by atoms with Gasteiger partial charge in [-0.3, -0.25) is 14.6 Å². The Balaban J connectivity index is 1.67. The van der Waals surface area contributed by atoms with E-state index >= 15 is 0 Å². The number of nitrogens with zero attached hydrogens (tertiary/aromatic N) is 2. The van der Waals surface area contributed by atoms with Crippen LogP contribution in [0.25, 0.3) is 0 Å². The number of aromatic nitrogens is 1. The fourth-order valence-corrected chi connectivity index (χ4v) is 3.13. The van der Waals surface area contributed by atoms with Crippen LogP contribution in [-0.2, 0) is 16.1 Å². The molecule has 0 spiro atoms. The van der Waals surface area contributed by atoms with Crippen molar-refractivity contribution >= 4 is 17.5 Å². The molecule has 0 radical (unpaired) electrons. The van der Waals surface area contributed by atoms with Crippen molar-refractivity contribution in [2.24, 2.45) is 5.92 Å². The molecule has 24 heavy (non-hydrogen) atoms. The van der Waals surface area contributed by atoms with Gasteiger partial charge in [0.15, 0.2) is 0 Å². The van der Waals surface area contributed by atoms with Gasteiger partial charge in [0.1, 0.15) is 5.76 Å². The molecule has 2 aromatic rings. The van der Waals surface area contributed by atoms with Crippen molar-refractivity contribution in [2.75, 3.05) is 11.9 Å². The average Bonchev–Trinajstić information content (AvgIpc) is 3.14. The van der Waals surface area contributed by atoms with Gasteiger partial charge in [0, 0.05) is 18.7 Å². The first-order valence-electron chi connectivity index (χ1n) is 8.00. The minimum absolute atomic E-state index is 0.0259. The monoisotopic (exact) mass is 327 g/mol. The van der Waals surface area contributed by atoms with Crippen LogP contribution in [0.3, 0.4) is 0 Å². The molecular formula is C18H21N3O3. The van der Waals surface area contributed by atoms with E-state index in [2.05, 4.69) is 10.3 Å². The maximum atomic E-state index is 12.6. The molecule has 1 unspecified atom stereocenters. The lowest BCUT2D eigenvalue weighted by molar-refractivity contribution is -0.128. The smallest absolute Gasteiger partial charge is 0.229 e. The quantitative estimate of drug-likeness (QED) is 0.936. The molecule has 6 nitrogen and oxygen atoms in total. The van der Waals surface area contributed by atoms with Crippen molar-refractivity contribution < 1.29 is 14.0 Å². The molecule has 0 aliphatic carbocycles. The summed E-state index contributed by atoms with van der Waals surface area (Å²) < 4.78 is 5.28. The molecule has 1 saturated heterocycles. The first kappa shape index (κ1) is 16.2. The lowest BCUT2D eigenvalue weighted by Crippen LogP contribution is -2.28. The molecule has 1 fully saturated rings. The average molecular weight is 327 g/mol. The summed E-state index contributed by atoms with van der Waals surface area (Å²) in [4.78, 5) is 30.7. The minimum atomic E-state index is -0.354. The maximum absolute atomic E-state index is 12.6. The highest BCUT2D eigenvalue weighted by atomic mass is 16.3. The summed E-state index contributed by atoms with van der Waals surface area (Å²) in [7, 11) is 0. The molecule has 3 heterocycles. The largest absolute Gasteiger partial charge is 0.467 e. The van der Waals surface area contributed by atoms with Crippen molar-refractivity contribution in [2.45, 2.75) is 33.7 Å². The van der Waals surface area contributed by atoms with E-state index < -0.39 is 0 Å². The van der Waals surface area contributed by atoms with Crippen molar-refractivity contribution in [3.8, 4) is 0 Å². The van der Waals surface area contributed by atoms with Crippen molar-refractivity contribution in [3.05, 3.63) is 47.2 Å². The van der Waals surface area contributed by atoms with Gasteiger partial charge < -0.3 is 14.6 Å². The Labute approximate surface area is 140 Å². The SMILES string of the molecule is Cc1cc(C)c(NC(=O)C2CC(=O)N(Cc3ccco3)C2)c(C)n1. The van der Waals surface area contributed by atoms with E-state index in [0.717, 1.165) is 28.4 Å². The highest BCUT2D eigenvalue weighted by Crippen LogP contribution is 2.24. The molecule has 2 amide bonds. The second-order valence-corrected chi connectivity index (χ2v) is 6.28. The summed E-state index contributed by atoms with van der Waals surface area (Å²) in [6, 6.07) is 5.55. The highest BCUT2D eigenvalue weighted by Gasteiger charge is 2.35. The van der Waals surface area contributed by atoms with E-state index in [9.17, 15) is 9.59 Å². The van der Waals surface area contributed by atoms with Crippen LogP contribution in [0.1, 0.15) is 29.1 Å². The molecule has 6 heteroatoms. The standard InChI is InChI=1S/C18H21N3O3/c1-11-7-12(2)19-13(3)17(11)20-18(23)14-8-16(22)21(9-14)10-15-5-4-6-24-15/h4-7,14H,8-10H2,1-3H3,(H,20,23). The molecule has 2 aromatic heterocycles. The van der Waals surface area contributed by atoms with Crippen LogP contribution in [-0.4, -0.2) is 28.2 Å². The summed E-state index contributed by atoms with van der Waals surface area (Å²) >= 11 is 0. The molecule has 1 N–H and O–H groups in total. The third-order valence-corrected chi connectivity index (χ3v) is 4.29. The number of pyridine rings is 1. The molecule has 1 aliphatic heterocycles. The van der Waals surface area contributed by atoms with Gasteiger partial charge in [-0.1, -0.05) is 0 Å². The van der Waals surface area contributed by atoms with Gasteiger partial charge in [-0.2, -0.15) is 0 Å². The van der Waals surface area contributed by atoms with Gasteiger partial charge in [0.25, 0.3) is 0 Å². The number of carbonyl (C=O) groups is 2. The van der Waals surface area contributed by atoms with Crippen molar-refractivity contribution in [3.63, 3.8) is 0 Å². The summed E-state index contributed by atoms with van der Waals surface area (Å²) in [6.45, 7) is 6.55. The lowest BCUT2D eigenvalue weighted by atomic mass is 10.1. The molecule has 126 valence electrons. The highest BCUT2D eigenvalue weighted by molar-refractivity contribution is 5.98. The molecular weight excluding hydrogens is 306 g/mol. The van der Waals surface area contributed by atoms with Crippen LogP contribution in [0.4, 0.5) is 5.69 Å².